The van der Waals surface area contributed by atoms with E-state index >= 15 is 0 Å². The molecule has 0 heterocycles. The Labute approximate surface area is 69.4 Å². The summed E-state index contributed by atoms with van der Waals surface area (Å²) >= 11 is 0. The average molecular weight is 176 g/mol. The summed E-state index contributed by atoms with van der Waals surface area (Å²) < 4.78 is 4.27. The molecule has 11 heavy (non-hydrogen) atoms. The van der Waals surface area contributed by atoms with Gasteiger partial charge in [0, 0.05) is 5.57 Å². The molecule has 0 bridgehead atoms. The van der Waals surface area contributed by atoms with E-state index < -0.39 is 9.04 Å². The number of ether oxygens (including phenoxy) is 1. The normalized spacial score (nSPS) is 8.18. The first kappa shape index (κ1) is 13.0. The van der Waals surface area contributed by atoms with Crippen molar-refractivity contribution in [1.82, 2.24) is 0 Å². The number of carbonyl (C=O) groups is 1. The fourth-order valence-corrected chi connectivity index (χ4v) is 0.174. The molecule has 0 aliphatic heterocycles. The van der Waals surface area contributed by atoms with Crippen LogP contribution >= 0.6 is 0 Å². The van der Waals surface area contributed by atoms with Crippen molar-refractivity contribution in [2.45, 2.75) is 20.0 Å². The van der Waals surface area contributed by atoms with E-state index in [9.17, 15) is 4.79 Å². The first-order valence-electron chi connectivity index (χ1n) is 3.33. The predicted molar refractivity (Wildman–Crippen MR) is 47.9 cm³/mol. The number of hydrogen-bond acceptors (Lipinski definition) is 3. The Morgan fingerprint density at radius 2 is 1.82 bits per heavy atom. The van der Waals surface area contributed by atoms with E-state index in [-0.39, 0.29) is 5.97 Å². The number of hydrogen-bond donors (Lipinski definition) is 1. The van der Waals surface area contributed by atoms with Crippen LogP contribution in [-0.4, -0.2) is 26.9 Å². The van der Waals surface area contributed by atoms with Crippen molar-refractivity contribution in [3.63, 3.8) is 0 Å². The van der Waals surface area contributed by atoms with Crippen molar-refractivity contribution in [1.29, 1.82) is 0 Å². The van der Waals surface area contributed by atoms with Crippen LogP contribution in [0.5, 0.6) is 0 Å². The van der Waals surface area contributed by atoms with Crippen molar-refractivity contribution in [2.24, 2.45) is 0 Å². The van der Waals surface area contributed by atoms with Gasteiger partial charge in [0.1, 0.15) is 0 Å². The number of esters is 1. The summed E-state index contributed by atoms with van der Waals surface area (Å²) in [5.41, 5.74) is 0.433. The molecule has 0 aromatic carbocycles. The molecule has 0 amide bonds. The highest BCUT2D eigenvalue weighted by Crippen LogP contribution is 1.87. The van der Waals surface area contributed by atoms with Crippen LogP contribution in [0.1, 0.15) is 6.92 Å². The molecule has 0 radical (unpaired) electrons. The second-order valence-corrected chi connectivity index (χ2v) is 4.55. The molecule has 0 atom stereocenters. The molecule has 1 N–H and O–H groups in total. The van der Waals surface area contributed by atoms with Crippen molar-refractivity contribution in [2.75, 3.05) is 7.11 Å². The minimum atomic E-state index is -1.14. The smallest absolute Gasteiger partial charge is 0.332 e. The van der Waals surface area contributed by atoms with E-state index in [0.717, 1.165) is 0 Å². The molecule has 0 aromatic rings. The van der Waals surface area contributed by atoms with E-state index in [1.165, 1.54) is 7.11 Å². The van der Waals surface area contributed by atoms with Crippen LogP contribution < -0.4 is 0 Å². The molecular formula is C7H16O3Si. The van der Waals surface area contributed by atoms with E-state index in [0.29, 0.717) is 5.57 Å². The maximum Gasteiger partial charge on any atom is 0.332 e. The molecule has 0 rings (SSSR count). The van der Waals surface area contributed by atoms with Crippen LogP contribution in [-0.2, 0) is 9.53 Å². The van der Waals surface area contributed by atoms with Gasteiger partial charge in [0.05, 0.1) is 7.11 Å². The first-order chi connectivity index (χ1) is 4.91. The Kier molecular flexibility index (Phi) is 8.86. The lowest BCUT2D eigenvalue weighted by Gasteiger charge is -1.91. The lowest BCUT2D eigenvalue weighted by Crippen LogP contribution is -1.98. The quantitative estimate of drug-likeness (QED) is 0.363. The van der Waals surface area contributed by atoms with Crippen molar-refractivity contribution < 1.29 is 14.3 Å². The second kappa shape index (κ2) is 7.49. The standard InChI is InChI=1S/C5H8O2.C2H8OSi/c1-4(2)5(6)7-3;1-4(2)3/h1H2,2-3H3;3-4H,1-2H3. The zero-order chi connectivity index (χ0) is 9.44. The van der Waals surface area contributed by atoms with Gasteiger partial charge in [-0.2, -0.15) is 0 Å². The minimum absolute atomic E-state index is 0.347. The molecule has 0 fully saturated rings. The topological polar surface area (TPSA) is 46.5 Å². The second-order valence-electron chi connectivity index (χ2n) is 2.37. The summed E-state index contributed by atoms with van der Waals surface area (Å²) in [6, 6.07) is 0. The number of rotatable bonds is 1. The highest BCUT2D eigenvalue weighted by Gasteiger charge is 1.95. The summed E-state index contributed by atoms with van der Waals surface area (Å²) in [5, 5.41) is 0. The molecule has 0 aromatic heterocycles. The van der Waals surface area contributed by atoms with Gasteiger partial charge < -0.3 is 9.53 Å². The highest BCUT2D eigenvalue weighted by molar-refractivity contribution is 6.46. The first-order valence-corrected chi connectivity index (χ1v) is 6.16. The van der Waals surface area contributed by atoms with Crippen LogP contribution in [0.3, 0.4) is 0 Å². The molecule has 0 aliphatic carbocycles. The van der Waals surface area contributed by atoms with E-state index in [4.69, 9.17) is 4.80 Å². The van der Waals surface area contributed by atoms with E-state index in [1.54, 1.807) is 6.92 Å². The Bertz CT molecular complexity index is 129. The average Bonchev–Trinajstić information content (AvgIpc) is 1.85. The molecule has 0 saturated heterocycles. The molecule has 0 unspecified atom stereocenters. The largest absolute Gasteiger partial charge is 0.466 e. The van der Waals surface area contributed by atoms with Gasteiger partial charge in [-0.3, -0.25) is 0 Å². The molecule has 0 saturated carbocycles. The van der Waals surface area contributed by atoms with E-state index in [2.05, 4.69) is 11.3 Å². The third kappa shape index (κ3) is 17.7. The Balaban J connectivity index is 0. The van der Waals surface area contributed by atoms with Gasteiger partial charge >= 0.3 is 5.97 Å². The van der Waals surface area contributed by atoms with Gasteiger partial charge in [-0.1, -0.05) is 6.58 Å². The van der Waals surface area contributed by atoms with Crippen LogP contribution in [0.25, 0.3) is 0 Å². The predicted octanol–water partition coefficient (Wildman–Crippen LogP) is 0.698. The van der Waals surface area contributed by atoms with Crippen LogP contribution in [0.15, 0.2) is 12.2 Å². The minimum Gasteiger partial charge on any atom is -0.466 e. The summed E-state index contributed by atoms with van der Waals surface area (Å²) in [6.07, 6.45) is 0. The van der Waals surface area contributed by atoms with Crippen molar-refractivity contribution >= 4 is 15.0 Å². The number of methoxy groups -OCH3 is 1. The van der Waals surface area contributed by atoms with Crippen LogP contribution in [0.4, 0.5) is 0 Å². The van der Waals surface area contributed by atoms with Gasteiger partial charge in [-0.25, -0.2) is 4.79 Å². The molecule has 3 nitrogen and oxygen atoms in total. The van der Waals surface area contributed by atoms with Gasteiger partial charge in [0.2, 0.25) is 0 Å². The molecule has 0 aliphatic rings. The zero-order valence-electron chi connectivity index (χ0n) is 7.55. The molecular weight excluding hydrogens is 160 g/mol. The van der Waals surface area contributed by atoms with Crippen LogP contribution in [0, 0.1) is 0 Å². The lowest BCUT2D eigenvalue weighted by atomic mass is 10.4. The maximum absolute atomic E-state index is 10.2. The van der Waals surface area contributed by atoms with Gasteiger partial charge in [0.25, 0.3) is 0 Å². The molecule has 4 heteroatoms. The van der Waals surface area contributed by atoms with Crippen molar-refractivity contribution in [3.8, 4) is 0 Å². The summed E-state index contributed by atoms with van der Waals surface area (Å²) in [4.78, 5) is 18.4. The van der Waals surface area contributed by atoms with Gasteiger partial charge in [0.15, 0.2) is 9.04 Å². The zero-order valence-corrected chi connectivity index (χ0v) is 8.70. The third-order valence-electron chi connectivity index (χ3n) is 0.534. The fourth-order valence-electron chi connectivity index (χ4n) is 0.174. The number of carbonyl (C=O) groups excluding carboxylic acids is 1. The Morgan fingerprint density at radius 3 is 1.82 bits per heavy atom. The van der Waals surface area contributed by atoms with Gasteiger partial charge in [-0.15, -0.1) is 0 Å². The van der Waals surface area contributed by atoms with E-state index in [1.807, 2.05) is 13.1 Å². The monoisotopic (exact) mass is 176 g/mol. The summed E-state index contributed by atoms with van der Waals surface area (Å²) in [6.45, 7) is 8.68. The van der Waals surface area contributed by atoms with Gasteiger partial charge in [-0.05, 0) is 20.0 Å². The highest BCUT2D eigenvalue weighted by atomic mass is 28.3. The molecule has 66 valence electrons. The Hall–Kier alpha value is -0.613. The van der Waals surface area contributed by atoms with Crippen molar-refractivity contribution in [3.05, 3.63) is 12.2 Å². The fraction of sp³-hybridized carbons (Fsp3) is 0.571. The Morgan fingerprint density at radius 1 is 1.55 bits per heavy atom. The van der Waals surface area contributed by atoms with Crippen LogP contribution in [0.2, 0.25) is 13.1 Å². The SMILES string of the molecule is C=C(C)C(=O)OC.C[SiH](C)O. The lowest BCUT2D eigenvalue weighted by molar-refractivity contribution is -0.136. The maximum atomic E-state index is 10.2. The molecule has 0 spiro atoms. The summed E-state index contributed by atoms with van der Waals surface area (Å²) in [5.74, 6) is -0.347. The third-order valence-corrected chi connectivity index (χ3v) is 0.534. The summed E-state index contributed by atoms with van der Waals surface area (Å²) in [7, 11) is 0.191.